The highest BCUT2D eigenvalue weighted by Crippen LogP contribution is 2.14. The Balaban J connectivity index is 1.68. The maximum Gasteiger partial charge on any atom is 0.416 e. The number of aromatic amines is 1. The van der Waals surface area contributed by atoms with E-state index in [0.29, 0.717) is 19.0 Å². The monoisotopic (exact) mass is 232 g/mol. The van der Waals surface area contributed by atoms with Crippen molar-refractivity contribution in [3.8, 4) is 5.88 Å². The van der Waals surface area contributed by atoms with E-state index in [1.54, 1.807) is 35.8 Å². The summed E-state index contributed by atoms with van der Waals surface area (Å²) in [6.45, 7) is 1.94. The van der Waals surface area contributed by atoms with Gasteiger partial charge in [-0.1, -0.05) is 0 Å². The Morgan fingerprint density at radius 2 is 2.41 bits per heavy atom. The van der Waals surface area contributed by atoms with Crippen LogP contribution in [0.3, 0.4) is 0 Å². The summed E-state index contributed by atoms with van der Waals surface area (Å²) in [5, 5.41) is 0. The molecule has 0 fully saturated rings. The third-order valence-corrected chi connectivity index (χ3v) is 2.79. The molecule has 0 radical (unpaired) electrons. The topological polar surface area (TPSA) is 63.2 Å². The van der Waals surface area contributed by atoms with Crippen LogP contribution in [0, 0.1) is 0 Å². The third kappa shape index (κ3) is 1.89. The Hall–Kier alpha value is -2.24. The van der Waals surface area contributed by atoms with Crippen LogP contribution in [0.25, 0.3) is 0 Å². The molecule has 1 N–H and O–H groups in total. The summed E-state index contributed by atoms with van der Waals surface area (Å²) in [6.07, 6.45) is 4.94. The molecule has 1 aliphatic heterocycles. The van der Waals surface area contributed by atoms with Crippen LogP contribution in [0.1, 0.15) is 5.69 Å². The van der Waals surface area contributed by atoms with Crippen molar-refractivity contribution in [3.63, 3.8) is 0 Å². The van der Waals surface area contributed by atoms with Gasteiger partial charge in [-0.25, -0.2) is 9.78 Å². The van der Waals surface area contributed by atoms with Gasteiger partial charge in [0.1, 0.15) is 0 Å². The number of carbonyl (C=O) groups excluding carboxylic acids is 1. The van der Waals surface area contributed by atoms with Crippen LogP contribution in [0.4, 0.5) is 4.79 Å². The SMILES string of the molecule is O=C(Oc1ccc[nH]1)N1CCn2cncc2C1. The number of rotatable bonds is 1. The molecule has 6 heteroatoms. The lowest BCUT2D eigenvalue weighted by molar-refractivity contribution is 0.138. The van der Waals surface area contributed by atoms with E-state index >= 15 is 0 Å². The number of hydrogen-bond donors (Lipinski definition) is 1. The molecule has 0 saturated carbocycles. The first-order valence-electron chi connectivity index (χ1n) is 5.42. The van der Waals surface area contributed by atoms with Crippen LogP contribution in [-0.4, -0.2) is 32.1 Å². The summed E-state index contributed by atoms with van der Waals surface area (Å²) < 4.78 is 7.23. The fraction of sp³-hybridized carbons (Fsp3) is 0.273. The zero-order chi connectivity index (χ0) is 11.7. The molecule has 3 rings (SSSR count). The third-order valence-electron chi connectivity index (χ3n) is 2.79. The van der Waals surface area contributed by atoms with Crippen molar-refractivity contribution in [3.05, 3.63) is 36.5 Å². The number of carbonyl (C=O) groups is 1. The van der Waals surface area contributed by atoms with Gasteiger partial charge in [-0.05, 0) is 6.07 Å². The summed E-state index contributed by atoms with van der Waals surface area (Å²) in [4.78, 5) is 20.4. The van der Waals surface area contributed by atoms with Crippen LogP contribution in [0.2, 0.25) is 0 Å². The Bertz CT molecular complexity index is 517. The van der Waals surface area contributed by atoms with E-state index in [4.69, 9.17) is 4.74 Å². The van der Waals surface area contributed by atoms with Crippen LogP contribution in [-0.2, 0) is 13.1 Å². The molecule has 6 nitrogen and oxygen atoms in total. The highest BCUT2D eigenvalue weighted by molar-refractivity contribution is 5.70. The first-order valence-corrected chi connectivity index (χ1v) is 5.42. The van der Waals surface area contributed by atoms with E-state index in [1.165, 1.54) is 0 Å². The number of hydrogen-bond acceptors (Lipinski definition) is 3. The smallest absolute Gasteiger partial charge is 0.393 e. The van der Waals surface area contributed by atoms with Crippen LogP contribution >= 0.6 is 0 Å². The van der Waals surface area contributed by atoms with E-state index in [9.17, 15) is 4.79 Å². The van der Waals surface area contributed by atoms with Gasteiger partial charge in [0.25, 0.3) is 0 Å². The molecule has 2 aromatic rings. The standard InChI is InChI=1S/C11H12N4O2/c16-11(17-10-2-1-3-13-10)14-4-5-15-8-12-6-9(15)7-14/h1-3,6,8,13H,4-5,7H2. The van der Waals surface area contributed by atoms with Crippen molar-refractivity contribution >= 4 is 6.09 Å². The molecule has 2 aromatic heterocycles. The number of fused-ring (bicyclic) bond motifs is 1. The number of aromatic nitrogens is 3. The van der Waals surface area contributed by atoms with Gasteiger partial charge in [-0.2, -0.15) is 0 Å². The van der Waals surface area contributed by atoms with Gasteiger partial charge in [0.05, 0.1) is 18.6 Å². The van der Waals surface area contributed by atoms with Crippen molar-refractivity contribution in [1.29, 1.82) is 0 Å². The summed E-state index contributed by atoms with van der Waals surface area (Å²) >= 11 is 0. The van der Waals surface area contributed by atoms with Crippen LogP contribution in [0.15, 0.2) is 30.9 Å². The number of H-pyrrole nitrogens is 1. The maximum absolute atomic E-state index is 11.9. The van der Waals surface area contributed by atoms with E-state index < -0.39 is 0 Å². The zero-order valence-corrected chi connectivity index (χ0v) is 9.17. The molecule has 17 heavy (non-hydrogen) atoms. The quantitative estimate of drug-likeness (QED) is 0.804. The highest BCUT2D eigenvalue weighted by Gasteiger charge is 2.22. The van der Waals surface area contributed by atoms with Gasteiger partial charge >= 0.3 is 6.09 Å². The van der Waals surface area contributed by atoms with E-state index in [0.717, 1.165) is 12.2 Å². The summed E-state index contributed by atoms with van der Waals surface area (Å²) in [5.41, 5.74) is 1.03. The van der Waals surface area contributed by atoms with E-state index in [1.807, 2.05) is 4.57 Å². The van der Waals surface area contributed by atoms with Gasteiger partial charge in [0.15, 0.2) is 0 Å². The Morgan fingerprint density at radius 3 is 3.24 bits per heavy atom. The lowest BCUT2D eigenvalue weighted by Gasteiger charge is -2.26. The zero-order valence-electron chi connectivity index (χ0n) is 9.17. The van der Waals surface area contributed by atoms with Gasteiger partial charge in [0, 0.05) is 31.5 Å². The molecule has 0 aromatic carbocycles. The first kappa shape index (κ1) is 9.95. The summed E-state index contributed by atoms with van der Waals surface area (Å²) in [5.74, 6) is 0.467. The lowest BCUT2D eigenvalue weighted by atomic mass is 10.3. The van der Waals surface area contributed by atoms with Gasteiger partial charge in [0.2, 0.25) is 5.88 Å². The lowest BCUT2D eigenvalue weighted by Crippen LogP contribution is -2.39. The molecule has 0 unspecified atom stereocenters. The molecule has 0 aliphatic carbocycles. The van der Waals surface area contributed by atoms with Crippen molar-refractivity contribution in [2.45, 2.75) is 13.1 Å². The first-order chi connectivity index (χ1) is 8.33. The predicted octanol–water partition coefficient (Wildman–Crippen LogP) is 1.23. The minimum absolute atomic E-state index is 0.333. The molecule has 0 bridgehead atoms. The fourth-order valence-corrected chi connectivity index (χ4v) is 1.88. The molecule has 3 heterocycles. The Labute approximate surface area is 97.8 Å². The van der Waals surface area contributed by atoms with Crippen molar-refractivity contribution in [1.82, 2.24) is 19.4 Å². The summed E-state index contributed by atoms with van der Waals surface area (Å²) in [7, 11) is 0. The normalized spacial score (nSPS) is 14.5. The molecule has 0 atom stereocenters. The van der Waals surface area contributed by atoms with Crippen molar-refractivity contribution in [2.75, 3.05) is 6.54 Å². The highest BCUT2D eigenvalue weighted by atomic mass is 16.6. The number of amides is 1. The molecular weight excluding hydrogens is 220 g/mol. The number of nitrogens with one attached hydrogen (secondary N) is 1. The van der Waals surface area contributed by atoms with Crippen molar-refractivity contribution in [2.24, 2.45) is 0 Å². The van der Waals surface area contributed by atoms with Crippen LogP contribution < -0.4 is 4.74 Å². The molecular formula is C11H12N4O2. The largest absolute Gasteiger partial charge is 0.416 e. The minimum atomic E-state index is -0.333. The number of ether oxygens (including phenoxy) is 1. The van der Waals surface area contributed by atoms with E-state index in [-0.39, 0.29) is 6.09 Å². The second-order valence-corrected chi connectivity index (χ2v) is 3.90. The number of nitrogens with zero attached hydrogens (tertiary/aromatic N) is 3. The Kier molecular flexibility index (Phi) is 2.32. The second-order valence-electron chi connectivity index (χ2n) is 3.90. The van der Waals surface area contributed by atoms with Crippen LogP contribution in [0.5, 0.6) is 5.88 Å². The summed E-state index contributed by atoms with van der Waals surface area (Å²) in [6, 6.07) is 3.50. The van der Waals surface area contributed by atoms with Gasteiger partial charge < -0.3 is 19.2 Å². The maximum atomic E-state index is 11.9. The predicted molar refractivity (Wildman–Crippen MR) is 59.5 cm³/mol. The van der Waals surface area contributed by atoms with Gasteiger partial charge in [-0.15, -0.1) is 0 Å². The second kappa shape index (κ2) is 3.97. The van der Waals surface area contributed by atoms with Gasteiger partial charge in [-0.3, -0.25) is 0 Å². The molecule has 88 valence electrons. The van der Waals surface area contributed by atoms with Crippen molar-refractivity contribution < 1.29 is 9.53 Å². The molecule has 0 spiro atoms. The minimum Gasteiger partial charge on any atom is -0.393 e. The molecule has 0 saturated heterocycles. The molecule has 1 aliphatic rings. The Morgan fingerprint density at radius 1 is 1.47 bits per heavy atom. The average Bonchev–Trinajstić information content (AvgIpc) is 2.97. The average molecular weight is 232 g/mol. The van der Waals surface area contributed by atoms with E-state index in [2.05, 4.69) is 9.97 Å². The molecule has 1 amide bonds. The fourth-order valence-electron chi connectivity index (χ4n) is 1.88. The number of imidazole rings is 1.